The van der Waals surface area contributed by atoms with E-state index in [0.717, 1.165) is 12.1 Å². The maximum Gasteiger partial charge on any atom is 0.287 e. The van der Waals surface area contributed by atoms with Crippen LogP contribution in [0.2, 0.25) is 0 Å². The molecule has 0 saturated carbocycles. The molecule has 1 N–H and O–H groups in total. The molecule has 2 amide bonds. The first-order valence-electron chi connectivity index (χ1n) is 6.81. The van der Waals surface area contributed by atoms with Gasteiger partial charge >= 0.3 is 0 Å². The third kappa shape index (κ3) is 2.79. The smallest absolute Gasteiger partial charge is 0.287 e. The van der Waals surface area contributed by atoms with Gasteiger partial charge in [0.1, 0.15) is 6.04 Å². The number of hydrogen-bond donors (Lipinski definition) is 1. The molecule has 0 aliphatic carbocycles. The molecule has 0 radical (unpaired) electrons. The lowest BCUT2D eigenvalue weighted by molar-refractivity contribution is -0.121. The summed E-state index contributed by atoms with van der Waals surface area (Å²) < 4.78 is 5.04. The molecule has 1 saturated heterocycles. The van der Waals surface area contributed by atoms with Crippen molar-refractivity contribution < 1.29 is 14.0 Å². The van der Waals surface area contributed by atoms with Crippen LogP contribution in [0.1, 0.15) is 23.4 Å². The van der Waals surface area contributed by atoms with Crippen LogP contribution in [0.25, 0.3) is 0 Å². The van der Waals surface area contributed by atoms with E-state index in [9.17, 15) is 9.59 Å². The van der Waals surface area contributed by atoms with Gasteiger partial charge in [-0.2, -0.15) is 0 Å². The number of pyridine rings is 1. The van der Waals surface area contributed by atoms with E-state index < -0.39 is 6.04 Å². The number of rotatable bonds is 3. The highest BCUT2D eigenvalue weighted by atomic mass is 16.3. The van der Waals surface area contributed by atoms with Crippen molar-refractivity contribution in [2.45, 2.75) is 18.9 Å². The molecule has 2 aromatic heterocycles. The van der Waals surface area contributed by atoms with E-state index in [2.05, 4.69) is 10.3 Å². The van der Waals surface area contributed by atoms with Crippen LogP contribution in [0.4, 0.5) is 5.69 Å². The van der Waals surface area contributed by atoms with Crippen molar-refractivity contribution in [2.75, 3.05) is 11.4 Å². The molecule has 6 heteroatoms. The Morgan fingerprint density at radius 1 is 1.38 bits per heavy atom. The van der Waals surface area contributed by atoms with Crippen LogP contribution in [0.5, 0.6) is 0 Å². The van der Waals surface area contributed by atoms with Crippen molar-refractivity contribution in [3.63, 3.8) is 0 Å². The largest absolute Gasteiger partial charge is 0.459 e. The topological polar surface area (TPSA) is 75.4 Å². The minimum Gasteiger partial charge on any atom is -0.459 e. The summed E-state index contributed by atoms with van der Waals surface area (Å²) in [5.74, 6) is -0.276. The quantitative estimate of drug-likeness (QED) is 0.929. The van der Waals surface area contributed by atoms with Crippen LogP contribution in [-0.4, -0.2) is 29.4 Å². The predicted octanol–water partition coefficient (Wildman–Crippen LogP) is 1.60. The summed E-state index contributed by atoms with van der Waals surface area (Å²) >= 11 is 0. The van der Waals surface area contributed by atoms with Gasteiger partial charge in [-0.25, -0.2) is 0 Å². The fourth-order valence-electron chi connectivity index (χ4n) is 2.42. The number of carbonyl (C=O) groups is 2. The molecular formula is C15H15N3O3. The van der Waals surface area contributed by atoms with E-state index in [1.54, 1.807) is 35.5 Å². The molecule has 1 aliphatic rings. The Kier molecular flexibility index (Phi) is 3.68. The molecule has 1 unspecified atom stereocenters. The van der Waals surface area contributed by atoms with E-state index in [1.165, 1.54) is 6.26 Å². The number of nitrogens with one attached hydrogen (secondary N) is 1. The van der Waals surface area contributed by atoms with E-state index >= 15 is 0 Å². The normalized spacial score (nSPS) is 18.6. The van der Waals surface area contributed by atoms with Gasteiger partial charge in [-0.1, -0.05) is 0 Å². The average Bonchev–Trinajstić information content (AvgIpc) is 3.05. The van der Waals surface area contributed by atoms with Crippen LogP contribution in [0, 0.1) is 0 Å². The number of furan rings is 1. The summed E-state index contributed by atoms with van der Waals surface area (Å²) in [6, 6.07) is 6.30. The summed E-state index contributed by atoms with van der Waals surface area (Å²) in [5.41, 5.74) is 0.749. The standard InChI is InChI=1S/C15H15N3O3/c19-14(13-6-3-9-21-13)17-12-5-2-8-18(15(12)20)11-4-1-7-16-10-11/h1,3-4,6-7,9-10,12H,2,5,8H2,(H,17,19). The average molecular weight is 285 g/mol. The molecule has 3 rings (SSSR count). The highest BCUT2D eigenvalue weighted by molar-refractivity contribution is 6.01. The Labute approximate surface area is 121 Å². The maximum atomic E-state index is 12.5. The molecular weight excluding hydrogens is 270 g/mol. The van der Waals surface area contributed by atoms with E-state index in [4.69, 9.17) is 4.42 Å². The lowest BCUT2D eigenvalue weighted by Gasteiger charge is -2.32. The molecule has 0 aromatic carbocycles. The second-order valence-electron chi connectivity index (χ2n) is 4.85. The fourth-order valence-corrected chi connectivity index (χ4v) is 2.42. The third-order valence-electron chi connectivity index (χ3n) is 3.45. The summed E-state index contributed by atoms with van der Waals surface area (Å²) in [6.45, 7) is 0.637. The lowest BCUT2D eigenvalue weighted by atomic mass is 10.0. The molecule has 0 bridgehead atoms. The van der Waals surface area contributed by atoms with E-state index in [0.29, 0.717) is 13.0 Å². The number of amides is 2. The van der Waals surface area contributed by atoms with Gasteiger partial charge in [-0.15, -0.1) is 0 Å². The first kappa shape index (κ1) is 13.4. The number of carbonyl (C=O) groups excluding carboxylic acids is 2. The fraction of sp³-hybridized carbons (Fsp3) is 0.267. The molecule has 21 heavy (non-hydrogen) atoms. The molecule has 3 heterocycles. The van der Waals surface area contributed by atoms with Gasteiger partial charge in [0.05, 0.1) is 18.1 Å². The highest BCUT2D eigenvalue weighted by Crippen LogP contribution is 2.20. The number of aromatic nitrogens is 1. The van der Waals surface area contributed by atoms with Crippen molar-refractivity contribution >= 4 is 17.5 Å². The zero-order valence-electron chi connectivity index (χ0n) is 11.4. The molecule has 108 valence electrons. The summed E-state index contributed by atoms with van der Waals surface area (Å²) in [5, 5.41) is 2.73. The SMILES string of the molecule is O=C(NC1CCCN(c2cccnc2)C1=O)c1ccco1. The van der Waals surface area contributed by atoms with Crippen molar-refractivity contribution in [1.29, 1.82) is 0 Å². The van der Waals surface area contributed by atoms with E-state index in [-0.39, 0.29) is 17.6 Å². The Balaban J connectivity index is 1.72. The van der Waals surface area contributed by atoms with Crippen LogP contribution >= 0.6 is 0 Å². The van der Waals surface area contributed by atoms with Crippen LogP contribution in [0.15, 0.2) is 47.3 Å². The molecule has 1 fully saturated rings. The van der Waals surface area contributed by atoms with Crippen molar-refractivity contribution in [3.05, 3.63) is 48.7 Å². The van der Waals surface area contributed by atoms with Crippen LogP contribution in [0.3, 0.4) is 0 Å². The minimum absolute atomic E-state index is 0.117. The van der Waals surface area contributed by atoms with Gasteiger partial charge in [0.15, 0.2) is 5.76 Å². The number of piperidine rings is 1. The third-order valence-corrected chi connectivity index (χ3v) is 3.45. The number of anilines is 1. The lowest BCUT2D eigenvalue weighted by Crippen LogP contribution is -2.52. The molecule has 1 atom stereocenters. The monoisotopic (exact) mass is 285 g/mol. The number of nitrogens with zero attached hydrogens (tertiary/aromatic N) is 2. The minimum atomic E-state index is -0.531. The van der Waals surface area contributed by atoms with Crippen molar-refractivity contribution in [2.24, 2.45) is 0 Å². The second-order valence-corrected chi connectivity index (χ2v) is 4.85. The first-order chi connectivity index (χ1) is 10.3. The molecule has 2 aromatic rings. The number of hydrogen-bond acceptors (Lipinski definition) is 4. The predicted molar refractivity (Wildman–Crippen MR) is 75.8 cm³/mol. The van der Waals surface area contributed by atoms with Gasteiger partial charge in [-0.3, -0.25) is 14.6 Å². The van der Waals surface area contributed by atoms with Crippen LogP contribution < -0.4 is 10.2 Å². The Morgan fingerprint density at radius 2 is 2.29 bits per heavy atom. The summed E-state index contributed by atoms with van der Waals surface area (Å²) in [7, 11) is 0. The first-order valence-corrected chi connectivity index (χ1v) is 6.81. The van der Waals surface area contributed by atoms with Gasteiger partial charge in [0.25, 0.3) is 5.91 Å². The Hall–Kier alpha value is -2.63. The van der Waals surface area contributed by atoms with Gasteiger partial charge in [0, 0.05) is 12.7 Å². The van der Waals surface area contributed by atoms with Crippen LogP contribution in [-0.2, 0) is 4.79 Å². The second kappa shape index (κ2) is 5.78. The molecule has 6 nitrogen and oxygen atoms in total. The Morgan fingerprint density at radius 3 is 3.00 bits per heavy atom. The summed E-state index contributed by atoms with van der Waals surface area (Å²) in [4.78, 5) is 30.1. The zero-order valence-corrected chi connectivity index (χ0v) is 11.4. The van der Waals surface area contributed by atoms with Gasteiger partial charge < -0.3 is 14.6 Å². The molecule has 1 aliphatic heterocycles. The zero-order chi connectivity index (χ0) is 14.7. The maximum absolute atomic E-state index is 12.5. The van der Waals surface area contributed by atoms with Gasteiger partial charge in [0.2, 0.25) is 5.91 Å². The summed E-state index contributed by atoms with van der Waals surface area (Å²) in [6.07, 6.45) is 6.19. The van der Waals surface area contributed by atoms with Crippen molar-refractivity contribution in [3.8, 4) is 0 Å². The van der Waals surface area contributed by atoms with Crippen molar-refractivity contribution in [1.82, 2.24) is 10.3 Å². The molecule has 0 spiro atoms. The Bertz CT molecular complexity index is 625. The van der Waals surface area contributed by atoms with E-state index in [1.807, 2.05) is 6.07 Å². The highest BCUT2D eigenvalue weighted by Gasteiger charge is 2.31. The van der Waals surface area contributed by atoms with Gasteiger partial charge in [-0.05, 0) is 37.1 Å².